The van der Waals surface area contributed by atoms with Gasteiger partial charge < -0.3 is 10.4 Å². The molecule has 0 saturated carbocycles. The fraction of sp³-hybridized carbons (Fsp3) is 0.462. The van der Waals surface area contributed by atoms with Gasteiger partial charge in [0.25, 0.3) is 0 Å². The third-order valence-electron chi connectivity index (χ3n) is 2.85. The van der Waals surface area contributed by atoms with Gasteiger partial charge in [-0.1, -0.05) is 38.0 Å². The van der Waals surface area contributed by atoms with Crippen LogP contribution in [0.15, 0.2) is 24.3 Å². The van der Waals surface area contributed by atoms with Gasteiger partial charge in [-0.25, -0.2) is 4.79 Å². The second kappa shape index (κ2) is 5.54. The van der Waals surface area contributed by atoms with Gasteiger partial charge in [-0.15, -0.1) is 0 Å². The molecule has 2 N–H and O–H groups in total. The summed E-state index contributed by atoms with van der Waals surface area (Å²) in [6.45, 7) is 5.95. The monoisotopic (exact) mass is 221 g/mol. The van der Waals surface area contributed by atoms with Crippen LogP contribution in [0.3, 0.4) is 0 Å². The molecule has 0 saturated heterocycles. The highest BCUT2D eigenvalue weighted by molar-refractivity contribution is 5.77. The number of aryl methyl sites for hydroxylation is 1. The topological polar surface area (TPSA) is 49.3 Å². The highest BCUT2D eigenvalue weighted by Gasteiger charge is 2.22. The van der Waals surface area contributed by atoms with Gasteiger partial charge in [0, 0.05) is 5.69 Å². The van der Waals surface area contributed by atoms with Crippen LogP contribution in [0.2, 0.25) is 0 Å². The van der Waals surface area contributed by atoms with E-state index in [1.54, 1.807) is 0 Å². The Labute approximate surface area is 96.5 Å². The molecule has 0 amide bonds. The molecule has 0 aliphatic heterocycles. The highest BCUT2D eigenvalue weighted by Crippen LogP contribution is 2.16. The van der Waals surface area contributed by atoms with E-state index >= 15 is 0 Å². The van der Waals surface area contributed by atoms with Crippen molar-refractivity contribution in [2.45, 2.75) is 33.2 Å². The first kappa shape index (κ1) is 12.6. The Morgan fingerprint density at radius 2 is 1.94 bits per heavy atom. The zero-order valence-electron chi connectivity index (χ0n) is 10.0. The lowest BCUT2D eigenvalue weighted by Gasteiger charge is -2.21. The fourth-order valence-corrected chi connectivity index (χ4v) is 1.51. The molecule has 3 nitrogen and oxygen atoms in total. The average Bonchev–Trinajstić information content (AvgIpc) is 2.27. The molecule has 1 aromatic carbocycles. The van der Waals surface area contributed by atoms with Crippen molar-refractivity contribution in [1.82, 2.24) is 0 Å². The van der Waals surface area contributed by atoms with Gasteiger partial charge in [0.2, 0.25) is 0 Å². The number of carboxylic acid groups (broad SMARTS) is 1. The van der Waals surface area contributed by atoms with Gasteiger partial charge >= 0.3 is 5.97 Å². The number of anilines is 1. The Balaban J connectivity index is 2.75. The van der Waals surface area contributed by atoms with Crippen molar-refractivity contribution in [2.75, 3.05) is 5.32 Å². The number of carboxylic acids is 1. The molecule has 0 aliphatic carbocycles. The molecule has 0 radical (unpaired) electrons. The first-order chi connectivity index (χ1) is 7.54. The molecule has 0 fully saturated rings. The molecular formula is C13H19NO2. The van der Waals surface area contributed by atoms with Crippen LogP contribution in [-0.2, 0) is 4.79 Å². The summed E-state index contributed by atoms with van der Waals surface area (Å²) in [5.41, 5.74) is 2.03. The van der Waals surface area contributed by atoms with E-state index in [1.807, 2.05) is 45.0 Å². The minimum atomic E-state index is -0.796. The number of aliphatic carboxylic acids is 1. The normalized spacial score (nSPS) is 14.2. The number of carbonyl (C=O) groups is 1. The zero-order chi connectivity index (χ0) is 12.1. The summed E-state index contributed by atoms with van der Waals surface area (Å²) in [6, 6.07) is 7.24. The standard InChI is InChI=1S/C13H19NO2/c1-4-10(3)12(13(15)16)14-11-7-5-9(2)6-8-11/h5-8,10,12,14H,4H2,1-3H3,(H,15,16)/t10-,12-/m0/s1. The molecule has 0 bridgehead atoms. The third kappa shape index (κ3) is 3.26. The van der Waals surface area contributed by atoms with Gasteiger partial charge in [-0.3, -0.25) is 0 Å². The van der Waals surface area contributed by atoms with Crippen LogP contribution in [0, 0.1) is 12.8 Å². The van der Waals surface area contributed by atoms with Crippen molar-refractivity contribution in [3.63, 3.8) is 0 Å². The molecule has 0 spiro atoms. The first-order valence-corrected chi connectivity index (χ1v) is 5.60. The predicted molar refractivity (Wildman–Crippen MR) is 65.7 cm³/mol. The van der Waals surface area contributed by atoms with Crippen LogP contribution < -0.4 is 5.32 Å². The zero-order valence-corrected chi connectivity index (χ0v) is 10.0. The second-order valence-corrected chi connectivity index (χ2v) is 4.21. The molecule has 16 heavy (non-hydrogen) atoms. The summed E-state index contributed by atoms with van der Waals surface area (Å²) in [4.78, 5) is 11.1. The molecule has 88 valence electrons. The van der Waals surface area contributed by atoms with Crippen molar-refractivity contribution in [1.29, 1.82) is 0 Å². The van der Waals surface area contributed by atoms with Crippen molar-refractivity contribution >= 4 is 11.7 Å². The van der Waals surface area contributed by atoms with E-state index in [2.05, 4.69) is 5.32 Å². The predicted octanol–water partition coefficient (Wildman–Crippen LogP) is 2.91. The van der Waals surface area contributed by atoms with Crippen LogP contribution in [0.1, 0.15) is 25.8 Å². The summed E-state index contributed by atoms with van der Waals surface area (Å²) < 4.78 is 0. The van der Waals surface area contributed by atoms with Crippen molar-refractivity contribution < 1.29 is 9.90 Å². The number of rotatable bonds is 5. The van der Waals surface area contributed by atoms with Crippen LogP contribution in [0.4, 0.5) is 5.69 Å². The number of hydrogen-bond donors (Lipinski definition) is 2. The van der Waals surface area contributed by atoms with Crippen molar-refractivity contribution in [3.8, 4) is 0 Å². The van der Waals surface area contributed by atoms with Gasteiger partial charge in [0.05, 0.1) is 0 Å². The second-order valence-electron chi connectivity index (χ2n) is 4.21. The summed E-state index contributed by atoms with van der Waals surface area (Å²) in [6.07, 6.45) is 0.843. The van der Waals surface area contributed by atoms with E-state index < -0.39 is 12.0 Å². The largest absolute Gasteiger partial charge is 0.480 e. The molecule has 0 aromatic heterocycles. The van der Waals surface area contributed by atoms with E-state index in [4.69, 9.17) is 5.11 Å². The minimum Gasteiger partial charge on any atom is -0.480 e. The maximum atomic E-state index is 11.1. The quantitative estimate of drug-likeness (QED) is 0.803. The van der Waals surface area contributed by atoms with Crippen LogP contribution in [0.25, 0.3) is 0 Å². The average molecular weight is 221 g/mol. The summed E-state index contributed by atoms with van der Waals surface area (Å²) in [5, 5.41) is 12.2. The minimum absolute atomic E-state index is 0.110. The maximum Gasteiger partial charge on any atom is 0.326 e. The van der Waals surface area contributed by atoms with Crippen molar-refractivity contribution in [2.24, 2.45) is 5.92 Å². The summed E-state index contributed by atoms with van der Waals surface area (Å²) >= 11 is 0. The fourth-order valence-electron chi connectivity index (χ4n) is 1.51. The van der Waals surface area contributed by atoms with E-state index in [0.717, 1.165) is 12.1 Å². The smallest absolute Gasteiger partial charge is 0.326 e. The Morgan fingerprint density at radius 1 is 1.38 bits per heavy atom. The lowest BCUT2D eigenvalue weighted by atomic mass is 9.99. The molecule has 3 heteroatoms. The van der Waals surface area contributed by atoms with E-state index in [9.17, 15) is 4.79 Å². The Bertz CT molecular complexity index is 345. The molecular weight excluding hydrogens is 202 g/mol. The Hall–Kier alpha value is -1.51. The first-order valence-electron chi connectivity index (χ1n) is 5.60. The lowest BCUT2D eigenvalue weighted by molar-refractivity contribution is -0.139. The summed E-state index contributed by atoms with van der Waals surface area (Å²) in [5.74, 6) is -0.686. The Kier molecular flexibility index (Phi) is 4.35. The van der Waals surface area contributed by atoms with Gasteiger partial charge in [-0.2, -0.15) is 0 Å². The third-order valence-corrected chi connectivity index (χ3v) is 2.85. The van der Waals surface area contributed by atoms with Crippen LogP contribution in [0.5, 0.6) is 0 Å². The maximum absolute atomic E-state index is 11.1. The molecule has 1 rings (SSSR count). The van der Waals surface area contributed by atoms with E-state index in [1.165, 1.54) is 5.56 Å². The summed E-state index contributed by atoms with van der Waals surface area (Å²) in [7, 11) is 0. The number of benzene rings is 1. The van der Waals surface area contributed by atoms with Crippen LogP contribution in [-0.4, -0.2) is 17.1 Å². The molecule has 1 aromatic rings. The number of hydrogen-bond acceptors (Lipinski definition) is 2. The van der Waals surface area contributed by atoms with Gasteiger partial charge in [0.15, 0.2) is 0 Å². The lowest BCUT2D eigenvalue weighted by Crippen LogP contribution is -2.35. The molecule has 2 atom stereocenters. The van der Waals surface area contributed by atoms with Crippen molar-refractivity contribution in [3.05, 3.63) is 29.8 Å². The highest BCUT2D eigenvalue weighted by atomic mass is 16.4. The number of nitrogens with one attached hydrogen (secondary N) is 1. The van der Waals surface area contributed by atoms with Crippen LogP contribution >= 0.6 is 0 Å². The van der Waals surface area contributed by atoms with Gasteiger partial charge in [0.1, 0.15) is 6.04 Å². The molecule has 0 unspecified atom stereocenters. The Morgan fingerprint density at radius 3 is 2.38 bits per heavy atom. The van der Waals surface area contributed by atoms with Gasteiger partial charge in [-0.05, 0) is 25.0 Å². The molecule has 0 aliphatic rings. The SMILES string of the molecule is CC[C@H](C)[C@H](Nc1ccc(C)cc1)C(=O)O. The van der Waals surface area contributed by atoms with E-state index in [0.29, 0.717) is 0 Å². The van der Waals surface area contributed by atoms with E-state index in [-0.39, 0.29) is 5.92 Å². The molecule has 0 heterocycles.